The number of anilines is 2. The van der Waals surface area contributed by atoms with Crippen LogP contribution in [0.1, 0.15) is 6.92 Å². The Bertz CT molecular complexity index is 584. The highest BCUT2D eigenvalue weighted by Crippen LogP contribution is 2.07. The van der Waals surface area contributed by atoms with Crippen molar-refractivity contribution in [2.24, 2.45) is 5.73 Å². The third-order valence-electron chi connectivity index (χ3n) is 2.29. The number of rotatable bonds is 7. The number of hydrogen-bond acceptors (Lipinski definition) is 8. The Labute approximate surface area is 120 Å². The van der Waals surface area contributed by atoms with Crippen molar-refractivity contribution < 1.29 is 4.79 Å². The minimum Gasteiger partial charge on any atom is -0.354 e. The number of nitrogens with two attached hydrogens (primary N) is 1. The van der Waals surface area contributed by atoms with E-state index in [2.05, 4.69) is 41.0 Å². The summed E-state index contributed by atoms with van der Waals surface area (Å²) in [4.78, 5) is 27.1. The first-order chi connectivity index (χ1) is 10.2. The molecule has 0 aromatic carbocycles. The van der Waals surface area contributed by atoms with Crippen molar-refractivity contribution in [3.05, 3.63) is 12.7 Å². The predicted molar refractivity (Wildman–Crippen MR) is 75.0 cm³/mol. The molecule has 2 heterocycles. The second-order valence-electron chi connectivity index (χ2n) is 3.87. The van der Waals surface area contributed by atoms with E-state index in [1.807, 2.05) is 6.92 Å². The van der Waals surface area contributed by atoms with Crippen LogP contribution >= 0.6 is 0 Å². The molecule has 0 spiro atoms. The zero-order valence-corrected chi connectivity index (χ0v) is 11.4. The van der Waals surface area contributed by atoms with Crippen LogP contribution < -0.4 is 21.7 Å². The zero-order valence-electron chi connectivity index (χ0n) is 11.4. The molecule has 2 rings (SSSR count). The molecule has 0 aliphatic rings. The molecule has 11 nitrogen and oxygen atoms in total. The van der Waals surface area contributed by atoms with Gasteiger partial charge in [0.1, 0.15) is 12.7 Å². The van der Waals surface area contributed by atoms with E-state index in [0.29, 0.717) is 37.5 Å². The number of amides is 2. The molecular formula is C10H16N10O. The van der Waals surface area contributed by atoms with Crippen molar-refractivity contribution in [2.45, 2.75) is 6.92 Å². The summed E-state index contributed by atoms with van der Waals surface area (Å²) in [5.74, 6) is 1.12. The van der Waals surface area contributed by atoms with Crippen LogP contribution in [0.5, 0.6) is 0 Å². The summed E-state index contributed by atoms with van der Waals surface area (Å²) in [6, 6.07) is -0.580. The lowest BCUT2D eigenvalue weighted by molar-refractivity contribution is 0.249. The average molecular weight is 292 g/mol. The summed E-state index contributed by atoms with van der Waals surface area (Å²) in [6.07, 6.45) is 2.88. The second-order valence-corrected chi connectivity index (χ2v) is 3.87. The number of nitrogens with one attached hydrogen (secondary N) is 3. The van der Waals surface area contributed by atoms with Gasteiger partial charge in [0, 0.05) is 19.6 Å². The first-order valence-corrected chi connectivity index (χ1v) is 6.31. The van der Waals surface area contributed by atoms with Crippen LogP contribution in [0, 0.1) is 0 Å². The van der Waals surface area contributed by atoms with Gasteiger partial charge in [0.15, 0.2) is 0 Å². The molecule has 0 saturated carbocycles. The number of nitrogens with zero attached hydrogens (tertiary/aromatic N) is 6. The standard InChI is InChI=1S/C10H16N10O/c1-2-13-8-17-9(15-4-3-14-7(11)21)19-10(18-8)20-6-12-5-16-20/h5-6H,2-4H2,1H3,(H3,11,14,21)(H2,13,15,17,18,19). The van der Waals surface area contributed by atoms with E-state index in [4.69, 9.17) is 5.73 Å². The molecule has 0 radical (unpaired) electrons. The molecule has 2 aromatic heterocycles. The number of urea groups is 1. The Balaban J connectivity index is 2.10. The first kappa shape index (κ1) is 14.4. The van der Waals surface area contributed by atoms with Crippen molar-refractivity contribution in [2.75, 3.05) is 30.3 Å². The van der Waals surface area contributed by atoms with E-state index in [1.54, 1.807) is 0 Å². The van der Waals surface area contributed by atoms with E-state index in [1.165, 1.54) is 17.3 Å². The number of aromatic nitrogens is 6. The lowest BCUT2D eigenvalue weighted by Crippen LogP contribution is -2.33. The smallest absolute Gasteiger partial charge is 0.312 e. The Hall–Kier alpha value is -2.98. The largest absolute Gasteiger partial charge is 0.354 e. The third-order valence-corrected chi connectivity index (χ3v) is 2.29. The van der Waals surface area contributed by atoms with Crippen molar-refractivity contribution in [3.8, 4) is 5.95 Å². The molecule has 21 heavy (non-hydrogen) atoms. The summed E-state index contributed by atoms with van der Waals surface area (Å²) < 4.78 is 1.43. The van der Waals surface area contributed by atoms with Crippen LogP contribution in [-0.2, 0) is 0 Å². The molecule has 0 unspecified atom stereocenters. The van der Waals surface area contributed by atoms with Gasteiger partial charge in [-0.05, 0) is 6.92 Å². The minimum atomic E-state index is -0.580. The lowest BCUT2D eigenvalue weighted by atomic mass is 10.6. The van der Waals surface area contributed by atoms with Gasteiger partial charge in [-0.2, -0.15) is 24.7 Å². The molecule has 0 aliphatic carbocycles. The highest BCUT2D eigenvalue weighted by molar-refractivity contribution is 5.71. The summed E-state index contributed by atoms with van der Waals surface area (Å²) in [5, 5.41) is 12.4. The molecule has 0 atom stereocenters. The normalized spacial score (nSPS) is 10.1. The van der Waals surface area contributed by atoms with Crippen LogP contribution in [0.2, 0.25) is 0 Å². The quantitative estimate of drug-likeness (QED) is 0.473. The van der Waals surface area contributed by atoms with Gasteiger partial charge in [0.05, 0.1) is 0 Å². The fourth-order valence-corrected chi connectivity index (χ4v) is 1.45. The lowest BCUT2D eigenvalue weighted by Gasteiger charge is -2.09. The van der Waals surface area contributed by atoms with Gasteiger partial charge in [0.25, 0.3) is 5.95 Å². The summed E-state index contributed by atoms with van der Waals surface area (Å²) in [5.41, 5.74) is 4.98. The van der Waals surface area contributed by atoms with Gasteiger partial charge < -0.3 is 21.7 Å². The maximum atomic E-state index is 10.6. The predicted octanol–water partition coefficient (Wildman–Crippen LogP) is -1.04. The van der Waals surface area contributed by atoms with Crippen LogP contribution in [0.4, 0.5) is 16.7 Å². The zero-order chi connectivity index (χ0) is 15.1. The second kappa shape index (κ2) is 6.98. The molecule has 11 heteroatoms. The molecule has 2 aromatic rings. The topological polar surface area (TPSA) is 149 Å². The Kier molecular flexibility index (Phi) is 4.79. The van der Waals surface area contributed by atoms with E-state index >= 15 is 0 Å². The molecule has 5 N–H and O–H groups in total. The molecule has 2 amide bonds. The van der Waals surface area contributed by atoms with Crippen molar-refractivity contribution in [3.63, 3.8) is 0 Å². The van der Waals surface area contributed by atoms with Gasteiger partial charge >= 0.3 is 6.03 Å². The Morgan fingerprint density at radius 2 is 2.00 bits per heavy atom. The van der Waals surface area contributed by atoms with Crippen molar-refractivity contribution in [1.82, 2.24) is 35.0 Å². The van der Waals surface area contributed by atoms with Gasteiger partial charge in [-0.25, -0.2) is 9.78 Å². The van der Waals surface area contributed by atoms with Gasteiger partial charge in [-0.3, -0.25) is 0 Å². The molecule has 0 saturated heterocycles. The van der Waals surface area contributed by atoms with E-state index < -0.39 is 6.03 Å². The van der Waals surface area contributed by atoms with Crippen LogP contribution in [0.3, 0.4) is 0 Å². The van der Waals surface area contributed by atoms with Crippen LogP contribution in [-0.4, -0.2) is 55.4 Å². The maximum Gasteiger partial charge on any atom is 0.312 e. The number of carbonyl (C=O) groups is 1. The van der Waals surface area contributed by atoms with Crippen LogP contribution in [0.25, 0.3) is 5.95 Å². The fraction of sp³-hybridized carbons (Fsp3) is 0.400. The van der Waals surface area contributed by atoms with Gasteiger partial charge in [0.2, 0.25) is 11.9 Å². The molecule has 112 valence electrons. The average Bonchev–Trinajstić information content (AvgIpc) is 2.98. The minimum absolute atomic E-state index is 0.337. The van der Waals surface area contributed by atoms with Gasteiger partial charge in [-0.15, -0.1) is 0 Å². The summed E-state index contributed by atoms with van der Waals surface area (Å²) >= 11 is 0. The van der Waals surface area contributed by atoms with E-state index in [0.717, 1.165) is 0 Å². The molecule has 0 aliphatic heterocycles. The molecular weight excluding hydrogens is 276 g/mol. The SMILES string of the molecule is CCNc1nc(NCCNC(N)=O)nc(-n2cncn2)n1. The van der Waals surface area contributed by atoms with Crippen LogP contribution in [0.15, 0.2) is 12.7 Å². The van der Waals surface area contributed by atoms with Crippen molar-refractivity contribution in [1.29, 1.82) is 0 Å². The molecule has 0 bridgehead atoms. The van der Waals surface area contributed by atoms with Crippen molar-refractivity contribution >= 4 is 17.9 Å². The Morgan fingerprint density at radius 1 is 1.24 bits per heavy atom. The number of carbonyl (C=O) groups excluding carboxylic acids is 1. The van der Waals surface area contributed by atoms with E-state index in [9.17, 15) is 4.79 Å². The number of primary amides is 1. The Morgan fingerprint density at radius 3 is 2.62 bits per heavy atom. The van der Waals surface area contributed by atoms with E-state index in [-0.39, 0.29) is 0 Å². The monoisotopic (exact) mass is 292 g/mol. The number of hydrogen-bond donors (Lipinski definition) is 4. The summed E-state index contributed by atoms with van der Waals surface area (Å²) in [7, 11) is 0. The third kappa shape index (κ3) is 4.26. The first-order valence-electron chi connectivity index (χ1n) is 6.31. The molecule has 0 fully saturated rings. The highest BCUT2D eigenvalue weighted by atomic mass is 16.2. The maximum absolute atomic E-state index is 10.6. The summed E-state index contributed by atoms with van der Waals surface area (Å²) in [6.45, 7) is 3.39. The van der Waals surface area contributed by atoms with Gasteiger partial charge in [-0.1, -0.05) is 0 Å². The highest BCUT2D eigenvalue weighted by Gasteiger charge is 2.08. The fourth-order valence-electron chi connectivity index (χ4n) is 1.45.